The number of hydrogen-bond acceptors (Lipinski definition) is 5. The van der Waals surface area contributed by atoms with Crippen LogP contribution in [0.15, 0.2) is 29.2 Å². The molecule has 0 aromatic heterocycles. The van der Waals surface area contributed by atoms with Crippen LogP contribution in [0.1, 0.15) is 19.8 Å². The molecule has 0 bridgehead atoms. The number of nitrogens with zero attached hydrogens (tertiary/aromatic N) is 2. The lowest BCUT2D eigenvalue weighted by Gasteiger charge is -2.35. The molecule has 1 amide bonds. The Balaban J connectivity index is 1.73. The first-order valence-electron chi connectivity index (χ1n) is 9.25. The van der Waals surface area contributed by atoms with E-state index in [2.05, 4.69) is 5.32 Å². The van der Waals surface area contributed by atoms with Gasteiger partial charge in [0.25, 0.3) is 0 Å². The summed E-state index contributed by atoms with van der Waals surface area (Å²) < 4.78 is 32.9. The molecule has 26 heavy (non-hydrogen) atoms. The summed E-state index contributed by atoms with van der Waals surface area (Å²) >= 11 is 0. The number of rotatable bonds is 5. The molecule has 2 aliphatic heterocycles. The van der Waals surface area contributed by atoms with E-state index in [0.717, 1.165) is 19.5 Å². The fourth-order valence-corrected chi connectivity index (χ4v) is 5.11. The van der Waals surface area contributed by atoms with E-state index in [1.165, 1.54) is 4.31 Å². The van der Waals surface area contributed by atoms with Crippen LogP contribution >= 0.6 is 0 Å². The zero-order valence-corrected chi connectivity index (χ0v) is 16.0. The van der Waals surface area contributed by atoms with Crippen molar-refractivity contribution in [2.75, 3.05) is 45.9 Å². The molecular weight excluding hydrogens is 354 g/mol. The van der Waals surface area contributed by atoms with Crippen LogP contribution in [-0.2, 0) is 14.8 Å². The second kappa shape index (κ2) is 8.37. The van der Waals surface area contributed by atoms with Gasteiger partial charge < -0.3 is 15.0 Å². The van der Waals surface area contributed by atoms with E-state index >= 15 is 0 Å². The van der Waals surface area contributed by atoms with E-state index in [4.69, 9.17) is 4.74 Å². The Morgan fingerprint density at radius 2 is 2.04 bits per heavy atom. The monoisotopic (exact) mass is 381 g/mol. The maximum atomic E-state index is 13.0. The van der Waals surface area contributed by atoms with Crippen LogP contribution in [-0.4, -0.2) is 69.4 Å². The predicted octanol–water partition coefficient (Wildman–Crippen LogP) is 0.918. The molecule has 0 spiro atoms. The Labute approximate surface area is 155 Å². The number of benzene rings is 1. The summed E-state index contributed by atoms with van der Waals surface area (Å²) in [5, 5.41) is 3.23. The van der Waals surface area contributed by atoms with E-state index in [9.17, 15) is 13.2 Å². The second-order valence-electron chi connectivity index (χ2n) is 6.69. The summed E-state index contributed by atoms with van der Waals surface area (Å²) in [5.74, 6) is 0.361. The van der Waals surface area contributed by atoms with Crippen LogP contribution in [0.5, 0.6) is 5.75 Å². The average Bonchev–Trinajstić information content (AvgIpc) is 2.69. The van der Waals surface area contributed by atoms with E-state index < -0.39 is 10.0 Å². The van der Waals surface area contributed by atoms with E-state index in [0.29, 0.717) is 38.4 Å². The van der Waals surface area contributed by atoms with Gasteiger partial charge in [0.2, 0.25) is 15.9 Å². The lowest BCUT2D eigenvalue weighted by Crippen LogP contribution is -2.51. The second-order valence-corrected chi connectivity index (χ2v) is 8.62. The molecule has 2 heterocycles. The van der Waals surface area contributed by atoms with Gasteiger partial charge in [0.15, 0.2) is 0 Å². The lowest BCUT2D eigenvalue weighted by atomic mass is 9.98. The SMILES string of the molecule is CCOc1cccc(S(=O)(=O)N2CCCC(C(=O)N3CCNCC3)C2)c1. The van der Waals surface area contributed by atoms with Crippen LogP contribution in [0.25, 0.3) is 0 Å². The Morgan fingerprint density at radius 1 is 1.27 bits per heavy atom. The quantitative estimate of drug-likeness (QED) is 0.820. The lowest BCUT2D eigenvalue weighted by molar-refractivity contribution is -0.137. The maximum Gasteiger partial charge on any atom is 0.243 e. The minimum Gasteiger partial charge on any atom is -0.494 e. The molecular formula is C18H27N3O4S. The van der Waals surface area contributed by atoms with Crippen molar-refractivity contribution < 1.29 is 17.9 Å². The number of sulfonamides is 1. The van der Waals surface area contributed by atoms with Crippen LogP contribution in [0.2, 0.25) is 0 Å². The third-order valence-electron chi connectivity index (χ3n) is 4.92. The van der Waals surface area contributed by atoms with E-state index in [1.54, 1.807) is 24.3 Å². The maximum absolute atomic E-state index is 13.0. The van der Waals surface area contributed by atoms with Gasteiger partial charge >= 0.3 is 0 Å². The van der Waals surface area contributed by atoms with E-state index in [-0.39, 0.29) is 23.3 Å². The van der Waals surface area contributed by atoms with Crippen molar-refractivity contribution in [1.82, 2.24) is 14.5 Å². The molecule has 2 aliphatic rings. The number of piperazine rings is 1. The van der Waals surface area contributed by atoms with Gasteiger partial charge in [-0.15, -0.1) is 0 Å². The number of ether oxygens (including phenoxy) is 1. The molecule has 8 heteroatoms. The molecule has 1 N–H and O–H groups in total. The van der Waals surface area contributed by atoms with Crippen molar-refractivity contribution in [3.8, 4) is 5.75 Å². The molecule has 1 atom stereocenters. The standard InChI is InChI=1S/C18H27N3O4S/c1-2-25-16-6-3-7-17(13-16)26(23,24)21-10-4-5-15(14-21)18(22)20-11-8-19-9-12-20/h3,6-7,13,15,19H,2,4-5,8-12,14H2,1H3. The first kappa shape index (κ1) is 19.1. The van der Waals surface area contributed by atoms with Crippen molar-refractivity contribution in [3.63, 3.8) is 0 Å². The number of carbonyl (C=O) groups excluding carboxylic acids is 1. The summed E-state index contributed by atoms with van der Waals surface area (Å²) in [6.45, 7) is 6.02. The number of piperidine rings is 1. The first-order chi connectivity index (χ1) is 12.5. The molecule has 1 unspecified atom stereocenters. The smallest absolute Gasteiger partial charge is 0.243 e. The summed E-state index contributed by atoms with van der Waals surface area (Å²) in [6, 6.07) is 6.57. The van der Waals surface area contributed by atoms with Gasteiger partial charge in [0, 0.05) is 45.3 Å². The minimum absolute atomic E-state index is 0.0782. The van der Waals surface area contributed by atoms with Gasteiger partial charge in [-0.05, 0) is 31.9 Å². The fourth-order valence-electron chi connectivity index (χ4n) is 3.55. The highest BCUT2D eigenvalue weighted by molar-refractivity contribution is 7.89. The average molecular weight is 381 g/mol. The highest BCUT2D eigenvalue weighted by atomic mass is 32.2. The van der Waals surface area contributed by atoms with Gasteiger partial charge in [-0.3, -0.25) is 4.79 Å². The molecule has 144 valence electrons. The van der Waals surface area contributed by atoms with Gasteiger partial charge in [-0.2, -0.15) is 4.31 Å². The van der Waals surface area contributed by atoms with Gasteiger partial charge in [-0.25, -0.2) is 8.42 Å². The topological polar surface area (TPSA) is 79.0 Å². The molecule has 1 aromatic rings. The van der Waals surface area contributed by atoms with Crippen molar-refractivity contribution >= 4 is 15.9 Å². The van der Waals surface area contributed by atoms with Crippen LogP contribution < -0.4 is 10.1 Å². The Kier molecular flexibility index (Phi) is 6.16. The Hall–Kier alpha value is -1.64. The molecule has 0 radical (unpaired) electrons. The summed E-state index contributed by atoms with van der Waals surface area (Å²) in [5.41, 5.74) is 0. The molecule has 1 aromatic carbocycles. The minimum atomic E-state index is -3.63. The third kappa shape index (κ3) is 4.19. The zero-order valence-electron chi connectivity index (χ0n) is 15.2. The van der Waals surface area contributed by atoms with Crippen molar-refractivity contribution in [2.24, 2.45) is 5.92 Å². The molecule has 0 aliphatic carbocycles. The highest BCUT2D eigenvalue weighted by Crippen LogP contribution is 2.27. The number of amides is 1. The molecule has 2 saturated heterocycles. The summed E-state index contributed by atoms with van der Waals surface area (Å²) in [7, 11) is -3.63. The molecule has 7 nitrogen and oxygen atoms in total. The van der Waals surface area contributed by atoms with Crippen molar-refractivity contribution in [1.29, 1.82) is 0 Å². The highest BCUT2D eigenvalue weighted by Gasteiger charge is 2.35. The number of hydrogen-bond donors (Lipinski definition) is 1. The van der Waals surface area contributed by atoms with Crippen molar-refractivity contribution in [3.05, 3.63) is 24.3 Å². The largest absolute Gasteiger partial charge is 0.494 e. The summed E-state index contributed by atoms with van der Waals surface area (Å²) in [6.07, 6.45) is 1.45. The van der Waals surface area contributed by atoms with Gasteiger partial charge in [0.05, 0.1) is 17.4 Å². The Bertz CT molecular complexity index is 732. The van der Waals surface area contributed by atoms with Gasteiger partial charge in [0.1, 0.15) is 5.75 Å². The van der Waals surface area contributed by atoms with Crippen LogP contribution in [0, 0.1) is 5.92 Å². The van der Waals surface area contributed by atoms with Crippen LogP contribution in [0.4, 0.5) is 0 Å². The normalized spacial score (nSPS) is 22.2. The zero-order chi connectivity index (χ0) is 18.6. The van der Waals surface area contributed by atoms with Gasteiger partial charge in [-0.1, -0.05) is 6.07 Å². The molecule has 3 rings (SSSR count). The fraction of sp³-hybridized carbons (Fsp3) is 0.611. The molecule has 0 saturated carbocycles. The third-order valence-corrected chi connectivity index (χ3v) is 6.78. The van der Waals surface area contributed by atoms with Crippen LogP contribution in [0.3, 0.4) is 0 Å². The Morgan fingerprint density at radius 3 is 2.77 bits per heavy atom. The van der Waals surface area contributed by atoms with E-state index in [1.807, 2.05) is 11.8 Å². The molecule has 2 fully saturated rings. The first-order valence-corrected chi connectivity index (χ1v) is 10.7. The number of carbonyl (C=O) groups is 1. The predicted molar refractivity (Wildman–Crippen MR) is 98.5 cm³/mol. The number of nitrogens with one attached hydrogen (secondary N) is 1. The van der Waals surface area contributed by atoms with Crippen molar-refractivity contribution in [2.45, 2.75) is 24.7 Å². The summed E-state index contributed by atoms with van der Waals surface area (Å²) in [4.78, 5) is 14.8.